The number of hydrogen-bond donors (Lipinski definition) is 1. The van der Waals surface area contributed by atoms with Crippen molar-refractivity contribution in [2.24, 2.45) is 0 Å². The van der Waals surface area contributed by atoms with Gasteiger partial charge in [0, 0.05) is 16.5 Å². The summed E-state index contributed by atoms with van der Waals surface area (Å²) >= 11 is 3.76. The topological polar surface area (TPSA) is 72.6 Å². The van der Waals surface area contributed by atoms with Crippen LogP contribution in [0.15, 0.2) is 87.9 Å². The monoisotopic (exact) mass is 515 g/mol. The van der Waals surface area contributed by atoms with E-state index in [1.54, 1.807) is 6.92 Å². The van der Waals surface area contributed by atoms with Crippen LogP contribution in [0, 0.1) is 0 Å². The average Bonchev–Trinajstić information content (AvgIpc) is 3.28. The molecule has 1 heterocycles. The summed E-state index contributed by atoms with van der Waals surface area (Å²) in [7, 11) is 0. The summed E-state index contributed by atoms with van der Waals surface area (Å²) in [4.78, 5) is 13.2. The van der Waals surface area contributed by atoms with Gasteiger partial charge in [-0.15, -0.1) is 0 Å². The fourth-order valence-corrected chi connectivity index (χ4v) is 5.04. The summed E-state index contributed by atoms with van der Waals surface area (Å²) in [6, 6.07) is 25.2. The van der Waals surface area contributed by atoms with Gasteiger partial charge < -0.3 is 14.4 Å². The molecule has 0 aliphatic rings. The molecular formula is C28H22BrNO4. The van der Waals surface area contributed by atoms with Crippen LogP contribution in [0.3, 0.4) is 0 Å². The molecule has 0 aliphatic carbocycles. The Kier molecular flexibility index (Phi) is 6.18. The van der Waals surface area contributed by atoms with Crippen molar-refractivity contribution in [2.75, 3.05) is 6.61 Å². The highest BCUT2D eigenvalue weighted by molar-refractivity contribution is 9.10. The van der Waals surface area contributed by atoms with Crippen LogP contribution in [0.5, 0.6) is 0 Å². The molecule has 34 heavy (non-hydrogen) atoms. The Morgan fingerprint density at radius 3 is 2.09 bits per heavy atom. The number of aliphatic hydroxyl groups excluding tert-OH is 1. The summed E-state index contributed by atoms with van der Waals surface area (Å²) in [5.74, 6) is -0.231. The molecule has 1 N–H and O–H groups in total. The van der Waals surface area contributed by atoms with Crippen LogP contribution in [0.1, 0.15) is 34.7 Å². The maximum atomic E-state index is 13.2. The number of aromatic nitrogens is 1. The van der Waals surface area contributed by atoms with E-state index in [4.69, 9.17) is 9.26 Å². The van der Waals surface area contributed by atoms with Gasteiger partial charge in [-0.1, -0.05) is 84.0 Å². The Balaban J connectivity index is 1.75. The minimum Gasteiger partial charge on any atom is -0.462 e. The van der Waals surface area contributed by atoms with Crippen molar-refractivity contribution in [1.29, 1.82) is 0 Å². The minimum absolute atomic E-state index is 0.0948. The third-order valence-electron chi connectivity index (χ3n) is 5.91. The first kappa shape index (κ1) is 22.3. The van der Waals surface area contributed by atoms with Crippen molar-refractivity contribution in [2.45, 2.75) is 19.4 Å². The van der Waals surface area contributed by atoms with Crippen LogP contribution < -0.4 is 0 Å². The molecule has 0 saturated heterocycles. The van der Waals surface area contributed by atoms with E-state index in [1.165, 1.54) is 0 Å². The van der Waals surface area contributed by atoms with Crippen LogP contribution in [-0.4, -0.2) is 22.8 Å². The van der Waals surface area contributed by atoms with E-state index in [1.807, 2.05) is 78.9 Å². The molecule has 0 amide bonds. The third-order valence-corrected chi connectivity index (χ3v) is 6.76. The second-order valence-electron chi connectivity index (χ2n) is 7.96. The molecule has 1 unspecified atom stereocenters. The number of benzene rings is 4. The SMILES string of the molecule is CCOC(=O)c1c(-c2c3ccccc3c(Br)c3ccccc23)noc1CC(O)c1ccccc1. The molecule has 0 saturated carbocycles. The van der Waals surface area contributed by atoms with Crippen molar-refractivity contribution < 1.29 is 19.2 Å². The number of ether oxygens (including phenoxy) is 1. The number of rotatable bonds is 6. The minimum atomic E-state index is -0.853. The molecule has 0 aliphatic heterocycles. The number of carbonyl (C=O) groups excluding carboxylic acids is 1. The summed E-state index contributed by atoms with van der Waals surface area (Å²) in [6.07, 6.45) is -0.758. The van der Waals surface area contributed by atoms with Gasteiger partial charge in [-0.3, -0.25) is 0 Å². The molecule has 5 nitrogen and oxygen atoms in total. The standard InChI is InChI=1S/C28H22BrNO4/c1-2-33-28(32)25-23(16-22(31)17-10-4-3-5-11-17)34-30-27(25)24-18-12-6-8-14-20(18)26(29)21-15-9-7-13-19(21)24/h3-15,22,31H,2,16H2,1H3. The second kappa shape index (κ2) is 9.41. The Bertz CT molecular complexity index is 1440. The number of fused-ring (bicyclic) bond motifs is 2. The molecule has 0 spiro atoms. The van der Waals surface area contributed by atoms with E-state index in [0.717, 1.165) is 37.1 Å². The van der Waals surface area contributed by atoms with E-state index >= 15 is 0 Å². The first-order valence-electron chi connectivity index (χ1n) is 11.1. The van der Waals surface area contributed by atoms with Crippen LogP contribution in [0.25, 0.3) is 32.8 Å². The smallest absolute Gasteiger partial charge is 0.344 e. The Hall–Kier alpha value is -3.48. The maximum Gasteiger partial charge on any atom is 0.344 e. The van der Waals surface area contributed by atoms with Crippen LogP contribution in [0.4, 0.5) is 0 Å². The van der Waals surface area contributed by atoms with E-state index < -0.39 is 12.1 Å². The molecule has 170 valence electrons. The largest absolute Gasteiger partial charge is 0.462 e. The zero-order valence-electron chi connectivity index (χ0n) is 18.5. The number of esters is 1. The molecule has 6 heteroatoms. The third kappa shape index (κ3) is 3.89. The number of hydrogen-bond acceptors (Lipinski definition) is 5. The zero-order valence-corrected chi connectivity index (χ0v) is 20.1. The lowest BCUT2D eigenvalue weighted by molar-refractivity contribution is 0.0523. The predicted octanol–water partition coefficient (Wildman–Crippen LogP) is 6.86. The van der Waals surface area contributed by atoms with Crippen molar-refractivity contribution in [1.82, 2.24) is 5.16 Å². The second-order valence-corrected chi connectivity index (χ2v) is 8.75. The maximum absolute atomic E-state index is 13.2. The fourth-order valence-electron chi connectivity index (χ4n) is 4.35. The van der Waals surface area contributed by atoms with Crippen molar-refractivity contribution in [3.05, 3.63) is 100 Å². The lowest BCUT2D eigenvalue weighted by atomic mass is 9.92. The van der Waals surface area contributed by atoms with E-state index in [0.29, 0.717) is 11.5 Å². The molecule has 1 atom stereocenters. The van der Waals surface area contributed by atoms with Gasteiger partial charge in [-0.25, -0.2) is 4.79 Å². The molecule has 0 radical (unpaired) electrons. The van der Waals surface area contributed by atoms with Gasteiger partial charge in [-0.2, -0.15) is 0 Å². The first-order valence-corrected chi connectivity index (χ1v) is 11.9. The Morgan fingerprint density at radius 1 is 0.941 bits per heavy atom. The van der Waals surface area contributed by atoms with Crippen molar-refractivity contribution in [3.8, 4) is 11.3 Å². The molecule has 5 rings (SSSR count). The van der Waals surface area contributed by atoms with E-state index in [-0.39, 0.29) is 18.6 Å². The highest BCUT2D eigenvalue weighted by Gasteiger charge is 2.29. The highest BCUT2D eigenvalue weighted by Crippen LogP contribution is 2.43. The van der Waals surface area contributed by atoms with E-state index in [2.05, 4.69) is 21.1 Å². The van der Waals surface area contributed by atoms with Gasteiger partial charge >= 0.3 is 5.97 Å². The fraction of sp³-hybridized carbons (Fsp3) is 0.143. The molecule has 0 bridgehead atoms. The van der Waals surface area contributed by atoms with Gasteiger partial charge in [0.25, 0.3) is 0 Å². The quantitative estimate of drug-likeness (QED) is 0.197. The predicted molar refractivity (Wildman–Crippen MR) is 136 cm³/mol. The van der Waals surface area contributed by atoms with Gasteiger partial charge in [0.1, 0.15) is 11.3 Å². The summed E-state index contributed by atoms with van der Waals surface area (Å²) in [6.45, 7) is 1.97. The zero-order chi connectivity index (χ0) is 23.7. The summed E-state index contributed by atoms with van der Waals surface area (Å²) in [5, 5.41) is 19.1. The van der Waals surface area contributed by atoms with Crippen molar-refractivity contribution in [3.63, 3.8) is 0 Å². The van der Waals surface area contributed by atoms with Gasteiger partial charge in [0.2, 0.25) is 0 Å². The van der Waals surface area contributed by atoms with Crippen molar-refractivity contribution >= 4 is 43.4 Å². The van der Waals surface area contributed by atoms with Gasteiger partial charge in [0.15, 0.2) is 5.76 Å². The summed E-state index contributed by atoms with van der Waals surface area (Å²) < 4.78 is 12.1. The molecular weight excluding hydrogens is 494 g/mol. The number of halogens is 1. The Labute approximate surface area is 205 Å². The average molecular weight is 516 g/mol. The summed E-state index contributed by atoms with van der Waals surface area (Å²) in [5.41, 5.74) is 2.18. The van der Waals surface area contributed by atoms with E-state index in [9.17, 15) is 9.90 Å². The highest BCUT2D eigenvalue weighted by atomic mass is 79.9. The number of aliphatic hydroxyl groups is 1. The van der Waals surface area contributed by atoms with Gasteiger partial charge in [0.05, 0.1) is 12.7 Å². The molecule has 4 aromatic carbocycles. The van der Waals surface area contributed by atoms with Crippen LogP contribution in [0.2, 0.25) is 0 Å². The van der Waals surface area contributed by atoms with Crippen LogP contribution in [-0.2, 0) is 11.2 Å². The molecule has 0 fully saturated rings. The lowest BCUT2D eigenvalue weighted by Gasteiger charge is -2.14. The number of carbonyl (C=O) groups is 1. The normalized spacial score (nSPS) is 12.2. The van der Waals surface area contributed by atoms with Crippen LogP contribution >= 0.6 is 15.9 Å². The first-order chi connectivity index (χ1) is 16.6. The van der Waals surface area contributed by atoms with Gasteiger partial charge in [-0.05, 0) is 50.0 Å². The molecule has 5 aromatic rings. The lowest BCUT2D eigenvalue weighted by Crippen LogP contribution is -2.10. The number of nitrogens with zero attached hydrogens (tertiary/aromatic N) is 1. The Morgan fingerprint density at radius 2 is 1.50 bits per heavy atom. The molecule has 1 aromatic heterocycles.